The van der Waals surface area contributed by atoms with Crippen LogP contribution in [0.2, 0.25) is 0 Å². The van der Waals surface area contributed by atoms with Crippen LogP contribution in [0.4, 0.5) is 5.69 Å². The zero-order valence-electron chi connectivity index (χ0n) is 17.2. The highest BCUT2D eigenvalue weighted by Crippen LogP contribution is 2.31. The summed E-state index contributed by atoms with van der Waals surface area (Å²) in [5, 5.41) is 13.3. The van der Waals surface area contributed by atoms with E-state index in [4.69, 9.17) is 14.6 Å². The maximum absolute atomic E-state index is 13.7. The number of methoxy groups -OCH3 is 1. The number of anilines is 1. The third kappa shape index (κ3) is 4.54. The van der Waals surface area contributed by atoms with E-state index >= 15 is 0 Å². The van der Waals surface area contributed by atoms with E-state index in [9.17, 15) is 4.79 Å². The monoisotopic (exact) mass is 416 g/mol. The Kier molecular flexibility index (Phi) is 6.19. The molecule has 0 bridgehead atoms. The Labute approximate surface area is 180 Å². The summed E-state index contributed by atoms with van der Waals surface area (Å²) in [6, 6.07) is 22.1. The van der Waals surface area contributed by atoms with E-state index in [2.05, 4.69) is 10.3 Å². The van der Waals surface area contributed by atoms with Crippen molar-refractivity contribution in [2.45, 2.75) is 6.04 Å². The first-order chi connectivity index (χ1) is 15.2. The molecule has 0 saturated heterocycles. The molecule has 0 aliphatic carbocycles. The third-order valence-corrected chi connectivity index (χ3v) is 5.04. The fourth-order valence-corrected chi connectivity index (χ4v) is 3.56. The maximum Gasteiger partial charge on any atom is 0.191 e. The molecule has 31 heavy (non-hydrogen) atoms. The normalized spacial score (nSPS) is 11.8. The van der Waals surface area contributed by atoms with Gasteiger partial charge in [0.2, 0.25) is 0 Å². The average molecular weight is 416 g/mol. The highest BCUT2D eigenvalue weighted by molar-refractivity contribution is 6.11. The smallest absolute Gasteiger partial charge is 0.191 e. The number of rotatable bonds is 9. The molecule has 1 heterocycles. The number of ether oxygens (including phenoxy) is 2. The summed E-state index contributed by atoms with van der Waals surface area (Å²) >= 11 is 0. The second-order valence-electron chi connectivity index (χ2n) is 7.07. The zero-order valence-corrected chi connectivity index (χ0v) is 17.2. The molecule has 0 aliphatic heterocycles. The number of hydrogen-bond acceptors (Lipinski definition) is 5. The molecule has 158 valence electrons. The summed E-state index contributed by atoms with van der Waals surface area (Å²) in [4.78, 5) is 16.8. The van der Waals surface area contributed by atoms with Crippen LogP contribution in [-0.2, 0) is 0 Å². The van der Waals surface area contributed by atoms with Crippen molar-refractivity contribution < 1.29 is 19.4 Å². The van der Waals surface area contributed by atoms with Crippen molar-refractivity contribution in [1.29, 1.82) is 0 Å². The van der Waals surface area contributed by atoms with Crippen LogP contribution < -0.4 is 14.8 Å². The third-order valence-electron chi connectivity index (χ3n) is 5.04. The Bertz CT molecular complexity index is 1170. The Morgan fingerprint density at radius 1 is 1.03 bits per heavy atom. The van der Waals surface area contributed by atoms with Crippen LogP contribution in [0.25, 0.3) is 10.9 Å². The molecular weight excluding hydrogens is 392 g/mol. The van der Waals surface area contributed by atoms with E-state index in [1.807, 2.05) is 60.7 Å². The number of Topliss-reactive ketones (excluding diaryl/α,β-unsaturated/α-hetero) is 1. The van der Waals surface area contributed by atoms with Crippen molar-refractivity contribution in [3.8, 4) is 11.5 Å². The van der Waals surface area contributed by atoms with Crippen molar-refractivity contribution in [2.24, 2.45) is 0 Å². The van der Waals surface area contributed by atoms with E-state index in [0.29, 0.717) is 22.7 Å². The quantitative estimate of drug-likeness (QED) is 0.348. The van der Waals surface area contributed by atoms with Gasteiger partial charge < -0.3 is 24.9 Å². The number of aromatic amines is 1. The van der Waals surface area contributed by atoms with Gasteiger partial charge in [0.05, 0.1) is 13.7 Å². The van der Waals surface area contributed by atoms with Crippen molar-refractivity contribution in [3.63, 3.8) is 0 Å². The number of nitrogens with one attached hydrogen (secondary N) is 2. The lowest BCUT2D eigenvalue weighted by Crippen LogP contribution is -2.21. The number of carbonyl (C=O) groups is 1. The van der Waals surface area contributed by atoms with Crippen LogP contribution in [0.1, 0.15) is 22.0 Å². The van der Waals surface area contributed by atoms with Crippen LogP contribution in [0.15, 0.2) is 79.0 Å². The summed E-state index contributed by atoms with van der Waals surface area (Å²) in [6.45, 7) is 0.0780. The Hall–Kier alpha value is -3.77. The standard InChI is InChI=1S/C25H24N2O4/c1-30-19-13-18(14-20(15-19)31-12-11-28)27-24(17-7-3-2-4-8-17)25(29)22-16-26-23-10-6-5-9-21(22)23/h2-10,13-16,24,26-28H,11-12H2,1H3. The predicted molar refractivity (Wildman–Crippen MR) is 121 cm³/mol. The largest absolute Gasteiger partial charge is 0.497 e. The summed E-state index contributed by atoms with van der Waals surface area (Å²) in [5.74, 6) is 1.08. The van der Waals surface area contributed by atoms with E-state index in [1.165, 1.54) is 0 Å². The van der Waals surface area contributed by atoms with Crippen molar-refractivity contribution in [3.05, 3.63) is 90.1 Å². The molecule has 1 atom stereocenters. The highest BCUT2D eigenvalue weighted by Gasteiger charge is 2.24. The Balaban J connectivity index is 1.72. The first-order valence-electron chi connectivity index (χ1n) is 10.0. The van der Waals surface area contributed by atoms with Gasteiger partial charge >= 0.3 is 0 Å². The van der Waals surface area contributed by atoms with Crippen molar-refractivity contribution >= 4 is 22.4 Å². The lowest BCUT2D eigenvalue weighted by molar-refractivity contribution is 0.0971. The topological polar surface area (TPSA) is 83.6 Å². The molecule has 0 saturated carbocycles. The van der Waals surface area contributed by atoms with Gasteiger partial charge in [0.1, 0.15) is 24.1 Å². The van der Waals surface area contributed by atoms with E-state index in [0.717, 1.165) is 16.5 Å². The van der Waals surface area contributed by atoms with Crippen LogP contribution in [0.5, 0.6) is 11.5 Å². The molecule has 3 aromatic carbocycles. The van der Waals surface area contributed by atoms with Crippen LogP contribution >= 0.6 is 0 Å². The van der Waals surface area contributed by atoms with Gasteiger partial charge in [-0.1, -0.05) is 48.5 Å². The lowest BCUT2D eigenvalue weighted by atomic mass is 9.96. The number of carbonyl (C=O) groups excluding carboxylic acids is 1. The minimum atomic E-state index is -0.613. The molecule has 3 N–H and O–H groups in total. The van der Waals surface area contributed by atoms with Gasteiger partial charge in [-0.2, -0.15) is 0 Å². The molecule has 4 rings (SSSR count). The number of H-pyrrole nitrogens is 1. The van der Waals surface area contributed by atoms with E-state index < -0.39 is 6.04 Å². The minimum absolute atomic E-state index is 0.0516. The SMILES string of the molecule is COc1cc(NC(C(=O)c2c[nH]c3ccccc23)c2ccccc2)cc(OCCO)c1. The predicted octanol–water partition coefficient (Wildman–Crippen LogP) is 4.58. The van der Waals surface area contributed by atoms with E-state index in [1.54, 1.807) is 25.4 Å². The fourth-order valence-electron chi connectivity index (χ4n) is 3.56. The van der Waals surface area contributed by atoms with Gasteiger partial charge in [0, 0.05) is 46.5 Å². The first kappa shape index (κ1) is 20.5. The minimum Gasteiger partial charge on any atom is -0.497 e. The Morgan fingerprint density at radius 2 is 1.77 bits per heavy atom. The molecule has 6 nitrogen and oxygen atoms in total. The second-order valence-corrected chi connectivity index (χ2v) is 7.07. The first-order valence-corrected chi connectivity index (χ1v) is 10.0. The summed E-state index contributed by atoms with van der Waals surface area (Å²) in [5.41, 5.74) is 3.06. The van der Waals surface area contributed by atoms with Crippen molar-refractivity contribution in [2.75, 3.05) is 25.6 Å². The van der Waals surface area contributed by atoms with Gasteiger partial charge in [-0.25, -0.2) is 0 Å². The van der Waals surface area contributed by atoms with Gasteiger partial charge in [0.25, 0.3) is 0 Å². The highest BCUT2D eigenvalue weighted by atomic mass is 16.5. The molecule has 1 unspecified atom stereocenters. The molecule has 0 aliphatic rings. The number of aromatic nitrogens is 1. The molecule has 4 aromatic rings. The lowest BCUT2D eigenvalue weighted by Gasteiger charge is -2.20. The molecule has 0 spiro atoms. The molecule has 6 heteroatoms. The number of aliphatic hydroxyl groups is 1. The molecule has 0 radical (unpaired) electrons. The molecule has 0 amide bonds. The van der Waals surface area contributed by atoms with Crippen LogP contribution in [0.3, 0.4) is 0 Å². The number of para-hydroxylation sites is 1. The number of hydrogen-bond donors (Lipinski definition) is 3. The zero-order chi connectivity index (χ0) is 21.6. The van der Waals surface area contributed by atoms with Gasteiger partial charge in [0.15, 0.2) is 5.78 Å². The summed E-state index contributed by atoms with van der Waals surface area (Å²) in [7, 11) is 1.57. The maximum atomic E-state index is 13.7. The number of fused-ring (bicyclic) bond motifs is 1. The molecular formula is C25H24N2O4. The molecule has 0 fully saturated rings. The number of aliphatic hydroxyl groups excluding tert-OH is 1. The van der Waals surface area contributed by atoms with Gasteiger partial charge in [-0.3, -0.25) is 4.79 Å². The summed E-state index contributed by atoms with van der Waals surface area (Å²) in [6.07, 6.45) is 1.76. The number of ketones is 1. The fraction of sp³-hybridized carbons (Fsp3) is 0.160. The number of benzene rings is 3. The van der Waals surface area contributed by atoms with Crippen molar-refractivity contribution in [1.82, 2.24) is 4.98 Å². The average Bonchev–Trinajstić information content (AvgIpc) is 3.25. The van der Waals surface area contributed by atoms with Crippen LogP contribution in [0, 0.1) is 0 Å². The van der Waals surface area contributed by atoms with E-state index in [-0.39, 0.29) is 19.0 Å². The molecule has 1 aromatic heterocycles. The van der Waals surface area contributed by atoms with Gasteiger partial charge in [-0.15, -0.1) is 0 Å². The van der Waals surface area contributed by atoms with Gasteiger partial charge in [-0.05, 0) is 11.6 Å². The van der Waals surface area contributed by atoms with Crippen LogP contribution in [-0.4, -0.2) is 36.2 Å². The second kappa shape index (κ2) is 9.36. The Morgan fingerprint density at radius 3 is 2.55 bits per heavy atom. The summed E-state index contributed by atoms with van der Waals surface area (Å²) < 4.78 is 10.9.